The summed E-state index contributed by atoms with van der Waals surface area (Å²) in [5.41, 5.74) is 3.31. The number of aromatic nitrogens is 4. The Morgan fingerprint density at radius 3 is 2.71 bits per heavy atom. The highest BCUT2D eigenvalue weighted by atomic mass is 35.5. The Morgan fingerprint density at radius 1 is 1.33 bits per heavy atom. The van der Waals surface area contributed by atoms with E-state index in [1.54, 1.807) is 30.0 Å². The van der Waals surface area contributed by atoms with E-state index >= 15 is 0 Å². The molecule has 0 aliphatic carbocycles. The van der Waals surface area contributed by atoms with Crippen molar-refractivity contribution in [1.29, 1.82) is 0 Å². The molecule has 0 aliphatic heterocycles. The van der Waals surface area contributed by atoms with Gasteiger partial charge in [-0.2, -0.15) is 10.1 Å². The molecule has 124 valence electrons. The first kappa shape index (κ1) is 16.0. The molecule has 0 bridgehead atoms. The minimum atomic E-state index is -0.510. The molecule has 3 aromatic rings. The van der Waals surface area contributed by atoms with E-state index in [4.69, 9.17) is 11.6 Å². The number of hydrogen-bond acceptors (Lipinski definition) is 5. The number of halogens is 1. The summed E-state index contributed by atoms with van der Waals surface area (Å²) in [6.45, 7) is 2.37. The molecule has 0 aliphatic rings. The third kappa shape index (κ3) is 2.83. The van der Waals surface area contributed by atoms with Crippen molar-refractivity contribution in [3.63, 3.8) is 0 Å². The van der Waals surface area contributed by atoms with Gasteiger partial charge in [-0.15, -0.1) is 0 Å². The lowest BCUT2D eigenvalue weighted by Gasteiger charge is -2.03. The Morgan fingerprint density at radius 2 is 2.04 bits per heavy atom. The zero-order chi connectivity index (χ0) is 17.3. The molecule has 0 saturated heterocycles. The molecule has 1 aromatic carbocycles. The van der Waals surface area contributed by atoms with Crippen LogP contribution in [-0.2, 0) is 13.6 Å². The monoisotopic (exact) mass is 346 g/mol. The molecule has 2 N–H and O–H groups in total. The number of H-pyrrole nitrogens is 1. The Kier molecular flexibility index (Phi) is 4.22. The quantitative estimate of drug-likeness (QED) is 0.553. The largest absolute Gasteiger partial charge is 0.329 e. The van der Waals surface area contributed by atoms with Gasteiger partial charge >= 0.3 is 5.69 Å². The third-order valence-electron chi connectivity index (χ3n) is 3.57. The molecule has 2 aromatic heterocycles. The number of nitrogens with one attached hydrogen (secondary N) is 2. The zero-order valence-corrected chi connectivity index (χ0v) is 13.8. The molecule has 24 heavy (non-hydrogen) atoms. The third-order valence-corrected chi connectivity index (χ3v) is 3.82. The SMILES string of the molecule is CCn1c(NN=Cc2ccc(Cl)cc2)nc2c1c(=O)[nH]c(=O)n2C. The molecule has 0 unspecified atom stereocenters. The van der Waals surface area contributed by atoms with Crippen molar-refractivity contribution >= 4 is 34.9 Å². The molecule has 0 radical (unpaired) electrons. The smallest absolute Gasteiger partial charge is 0.303 e. The summed E-state index contributed by atoms with van der Waals surface area (Å²) in [5, 5.41) is 4.77. The maximum atomic E-state index is 12.1. The number of fused-ring (bicyclic) bond motifs is 1. The van der Waals surface area contributed by atoms with Crippen molar-refractivity contribution < 1.29 is 0 Å². The van der Waals surface area contributed by atoms with Crippen molar-refractivity contribution in [2.45, 2.75) is 13.5 Å². The molecule has 9 heteroatoms. The van der Waals surface area contributed by atoms with Crippen LogP contribution in [0.15, 0.2) is 39.0 Å². The summed E-state index contributed by atoms with van der Waals surface area (Å²) in [7, 11) is 1.55. The van der Waals surface area contributed by atoms with Crippen LogP contribution >= 0.6 is 11.6 Å². The number of aryl methyl sites for hydroxylation is 2. The van der Waals surface area contributed by atoms with Crippen LogP contribution in [0.1, 0.15) is 12.5 Å². The van der Waals surface area contributed by atoms with Crippen LogP contribution in [0.4, 0.5) is 5.95 Å². The second kappa shape index (κ2) is 6.32. The van der Waals surface area contributed by atoms with Crippen LogP contribution in [0.3, 0.4) is 0 Å². The molecule has 8 nitrogen and oxygen atoms in total. The van der Waals surface area contributed by atoms with Crippen molar-refractivity contribution in [3.8, 4) is 0 Å². The van der Waals surface area contributed by atoms with Crippen molar-refractivity contribution in [1.82, 2.24) is 19.1 Å². The number of benzene rings is 1. The highest BCUT2D eigenvalue weighted by Gasteiger charge is 2.15. The molecule has 0 fully saturated rings. The Balaban J connectivity index is 1.99. The fourth-order valence-corrected chi connectivity index (χ4v) is 2.47. The lowest BCUT2D eigenvalue weighted by atomic mass is 10.2. The van der Waals surface area contributed by atoms with Crippen LogP contribution in [0.5, 0.6) is 0 Å². The molecule has 0 spiro atoms. The van der Waals surface area contributed by atoms with Crippen LogP contribution in [0.2, 0.25) is 5.02 Å². The lowest BCUT2D eigenvalue weighted by molar-refractivity contribution is 0.781. The van der Waals surface area contributed by atoms with Crippen molar-refractivity contribution in [2.75, 3.05) is 5.43 Å². The minimum Gasteiger partial charge on any atom is -0.303 e. The second-order valence-electron chi connectivity index (χ2n) is 5.09. The number of rotatable bonds is 4. The lowest BCUT2D eigenvalue weighted by Crippen LogP contribution is -2.29. The molecule has 3 rings (SSSR count). The van der Waals surface area contributed by atoms with Crippen LogP contribution in [0.25, 0.3) is 11.2 Å². The highest BCUT2D eigenvalue weighted by Crippen LogP contribution is 2.15. The van der Waals surface area contributed by atoms with E-state index in [1.807, 2.05) is 19.1 Å². The number of imidazole rings is 1. The van der Waals surface area contributed by atoms with Gasteiger partial charge in [-0.1, -0.05) is 23.7 Å². The number of hydrogen-bond donors (Lipinski definition) is 2. The first-order chi connectivity index (χ1) is 11.5. The summed E-state index contributed by atoms with van der Waals surface area (Å²) in [6.07, 6.45) is 1.61. The maximum Gasteiger partial charge on any atom is 0.329 e. The Hall–Kier alpha value is -2.87. The van der Waals surface area contributed by atoms with E-state index in [9.17, 15) is 9.59 Å². The summed E-state index contributed by atoms with van der Waals surface area (Å²) in [6, 6.07) is 7.18. The number of aromatic amines is 1. The number of hydrazone groups is 1. The first-order valence-corrected chi connectivity index (χ1v) is 7.63. The zero-order valence-electron chi connectivity index (χ0n) is 13.1. The van der Waals surface area contributed by atoms with Gasteiger partial charge in [-0.3, -0.25) is 14.3 Å². The van der Waals surface area contributed by atoms with Gasteiger partial charge in [0.05, 0.1) is 6.21 Å². The molecular weight excluding hydrogens is 332 g/mol. The normalized spacial score (nSPS) is 11.5. The average molecular weight is 347 g/mol. The van der Waals surface area contributed by atoms with Gasteiger partial charge < -0.3 is 4.57 Å². The van der Waals surface area contributed by atoms with E-state index in [1.165, 1.54) is 4.57 Å². The number of nitrogens with zero attached hydrogens (tertiary/aromatic N) is 4. The summed E-state index contributed by atoms with van der Waals surface area (Å²) >= 11 is 5.83. The molecule has 0 atom stereocenters. The topological polar surface area (TPSA) is 97.1 Å². The first-order valence-electron chi connectivity index (χ1n) is 7.25. The highest BCUT2D eigenvalue weighted by molar-refractivity contribution is 6.30. The van der Waals surface area contributed by atoms with E-state index in [2.05, 4.69) is 20.5 Å². The van der Waals surface area contributed by atoms with Gasteiger partial charge in [-0.25, -0.2) is 10.2 Å². The second-order valence-corrected chi connectivity index (χ2v) is 5.53. The minimum absolute atomic E-state index is 0.301. The summed E-state index contributed by atoms with van der Waals surface area (Å²) in [4.78, 5) is 30.3. The van der Waals surface area contributed by atoms with Gasteiger partial charge in [0.2, 0.25) is 5.95 Å². The summed E-state index contributed by atoms with van der Waals surface area (Å²) in [5.74, 6) is 0.379. The maximum absolute atomic E-state index is 12.1. The van der Waals surface area contributed by atoms with E-state index in [0.29, 0.717) is 28.7 Å². The Bertz CT molecular complexity index is 1030. The predicted octanol–water partition coefficient (Wildman–Crippen LogP) is 1.54. The standard InChI is InChI=1S/C15H15ClN6O2/c1-3-22-11-12(21(2)15(24)19-13(11)23)18-14(22)20-17-8-9-4-6-10(16)7-5-9/h4-8H,3H2,1-2H3,(H,18,20)(H,19,23,24). The van der Waals surface area contributed by atoms with Crippen LogP contribution in [0, 0.1) is 0 Å². The fourth-order valence-electron chi connectivity index (χ4n) is 2.34. The van der Waals surface area contributed by atoms with Crippen LogP contribution in [-0.4, -0.2) is 25.3 Å². The van der Waals surface area contributed by atoms with E-state index in [-0.39, 0.29) is 0 Å². The molecule has 0 amide bonds. The van der Waals surface area contributed by atoms with Crippen LogP contribution < -0.4 is 16.7 Å². The molecule has 2 heterocycles. The van der Waals surface area contributed by atoms with Crippen molar-refractivity contribution in [3.05, 3.63) is 55.7 Å². The van der Waals surface area contributed by atoms with Crippen molar-refractivity contribution in [2.24, 2.45) is 12.1 Å². The number of anilines is 1. The summed E-state index contributed by atoms with van der Waals surface area (Å²) < 4.78 is 2.95. The fraction of sp³-hybridized carbons (Fsp3) is 0.200. The van der Waals surface area contributed by atoms with Gasteiger partial charge in [0.25, 0.3) is 5.56 Å². The molecule has 0 saturated carbocycles. The predicted molar refractivity (Wildman–Crippen MR) is 93.9 cm³/mol. The van der Waals surface area contributed by atoms with E-state index in [0.717, 1.165) is 5.56 Å². The Labute approximate surface area is 141 Å². The average Bonchev–Trinajstić information content (AvgIpc) is 2.94. The van der Waals surface area contributed by atoms with Gasteiger partial charge in [0.1, 0.15) is 0 Å². The van der Waals surface area contributed by atoms with E-state index < -0.39 is 11.2 Å². The molecular formula is C15H15ClN6O2. The van der Waals surface area contributed by atoms with Gasteiger partial charge in [-0.05, 0) is 24.6 Å². The van der Waals surface area contributed by atoms with Gasteiger partial charge in [0, 0.05) is 18.6 Å². The van der Waals surface area contributed by atoms with Gasteiger partial charge in [0.15, 0.2) is 11.2 Å².